The summed E-state index contributed by atoms with van der Waals surface area (Å²) in [6.07, 6.45) is 6.92. The van der Waals surface area contributed by atoms with Crippen molar-refractivity contribution in [2.24, 2.45) is 11.7 Å². The van der Waals surface area contributed by atoms with Gasteiger partial charge in [-0.3, -0.25) is 4.98 Å². The highest BCUT2D eigenvalue weighted by Gasteiger charge is 2.21. The summed E-state index contributed by atoms with van der Waals surface area (Å²) in [4.78, 5) is 7.06. The van der Waals surface area contributed by atoms with E-state index in [1.54, 1.807) is 6.20 Å². The van der Waals surface area contributed by atoms with Gasteiger partial charge in [-0.05, 0) is 30.9 Å². The van der Waals surface area contributed by atoms with Gasteiger partial charge < -0.3 is 10.6 Å². The molecule has 1 aliphatic rings. The fraction of sp³-hybridized carbons (Fsp3) is 0.571. The van der Waals surface area contributed by atoms with Gasteiger partial charge in [-0.15, -0.1) is 0 Å². The molecule has 0 aliphatic carbocycles. The minimum Gasteiger partial charge on any atom is -0.388 e. The minimum atomic E-state index is 0.390. The average Bonchev–Trinajstić information content (AvgIpc) is 2.40. The van der Waals surface area contributed by atoms with Gasteiger partial charge in [0.05, 0.1) is 5.69 Å². The van der Waals surface area contributed by atoms with Crippen LogP contribution in [0.3, 0.4) is 0 Å². The normalized spacial score (nSPS) is 16.8. The Labute approximate surface area is 114 Å². The topological polar surface area (TPSA) is 42.2 Å². The van der Waals surface area contributed by atoms with Crippen molar-refractivity contribution < 1.29 is 0 Å². The van der Waals surface area contributed by atoms with Gasteiger partial charge in [-0.2, -0.15) is 0 Å². The smallest absolute Gasteiger partial charge is 0.124 e. The Morgan fingerprint density at radius 2 is 2.22 bits per heavy atom. The molecule has 0 spiro atoms. The van der Waals surface area contributed by atoms with Crippen molar-refractivity contribution in [3.05, 3.63) is 24.0 Å². The molecule has 4 heteroatoms. The monoisotopic (exact) mass is 263 g/mol. The van der Waals surface area contributed by atoms with E-state index in [9.17, 15) is 0 Å². The minimum absolute atomic E-state index is 0.390. The van der Waals surface area contributed by atoms with Gasteiger partial charge in [0.15, 0.2) is 0 Å². The zero-order valence-corrected chi connectivity index (χ0v) is 11.7. The summed E-state index contributed by atoms with van der Waals surface area (Å²) in [5.74, 6) is 0.885. The maximum atomic E-state index is 5.74. The van der Waals surface area contributed by atoms with Crippen molar-refractivity contribution in [2.75, 3.05) is 18.0 Å². The van der Waals surface area contributed by atoms with Gasteiger partial charge >= 0.3 is 0 Å². The molecule has 0 atom stereocenters. The molecular weight excluding hydrogens is 242 g/mol. The predicted molar refractivity (Wildman–Crippen MR) is 80.0 cm³/mol. The molecule has 0 unspecified atom stereocenters. The third-order valence-corrected chi connectivity index (χ3v) is 3.87. The molecule has 1 fully saturated rings. The van der Waals surface area contributed by atoms with Gasteiger partial charge in [-0.25, -0.2) is 0 Å². The fourth-order valence-corrected chi connectivity index (χ4v) is 2.87. The lowest BCUT2D eigenvalue weighted by Crippen LogP contribution is -2.35. The van der Waals surface area contributed by atoms with Crippen LogP contribution in [0.4, 0.5) is 5.69 Å². The van der Waals surface area contributed by atoms with Crippen molar-refractivity contribution in [1.29, 1.82) is 0 Å². The zero-order chi connectivity index (χ0) is 13.0. The summed E-state index contributed by atoms with van der Waals surface area (Å²) in [7, 11) is 0. The highest BCUT2D eigenvalue weighted by molar-refractivity contribution is 7.80. The van der Waals surface area contributed by atoms with Crippen molar-refractivity contribution in [2.45, 2.75) is 32.6 Å². The summed E-state index contributed by atoms with van der Waals surface area (Å²) in [5, 5.41) is 0. The number of aromatic nitrogens is 1. The number of pyridine rings is 1. The first-order valence-corrected chi connectivity index (χ1v) is 7.13. The molecule has 1 aromatic rings. The Morgan fingerprint density at radius 1 is 1.50 bits per heavy atom. The SMILES string of the molecule is CCCC1CCN(c2cccnc2C(N)=S)CC1. The Kier molecular flexibility index (Phi) is 4.53. The molecule has 1 aliphatic heterocycles. The summed E-state index contributed by atoms with van der Waals surface area (Å²) < 4.78 is 0. The molecule has 2 rings (SSSR count). The molecule has 1 aromatic heterocycles. The fourth-order valence-electron chi connectivity index (χ4n) is 2.71. The van der Waals surface area contributed by atoms with Crippen molar-refractivity contribution in [1.82, 2.24) is 4.98 Å². The largest absolute Gasteiger partial charge is 0.388 e. The van der Waals surface area contributed by atoms with Crippen LogP contribution < -0.4 is 10.6 Å². The Bertz CT molecular complexity index is 411. The number of nitrogens with zero attached hydrogens (tertiary/aromatic N) is 2. The van der Waals surface area contributed by atoms with Crippen molar-refractivity contribution in [3.63, 3.8) is 0 Å². The summed E-state index contributed by atoms with van der Waals surface area (Å²) >= 11 is 5.07. The van der Waals surface area contributed by atoms with Crippen LogP contribution in [0.15, 0.2) is 18.3 Å². The molecule has 0 saturated carbocycles. The lowest BCUT2D eigenvalue weighted by atomic mass is 9.92. The molecule has 0 aromatic carbocycles. The first-order chi connectivity index (χ1) is 8.72. The van der Waals surface area contributed by atoms with Crippen LogP contribution in [0.25, 0.3) is 0 Å². The lowest BCUT2D eigenvalue weighted by molar-refractivity contribution is 0.378. The van der Waals surface area contributed by atoms with Crippen LogP contribution in [0.1, 0.15) is 38.3 Å². The lowest BCUT2D eigenvalue weighted by Gasteiger charge is -2.34. The third kappa shape index (κ3) is 2.99. The van der Waals surface area contributed by atoms with E-state index in [0.717, 1.165) is 30.4 Å². The Morgan fingerprint density at radius 3 is 2.83 bits per heavy atom. The second-order valence-electron chi connectivity index (χ2n) is 4.95. The van der Waals surface area contributed by atoms with Crippen LogP contribution in [-0.2, 0) is 0 Å². The number of rotatable bonds is 4. The first-order valence-electron chi connectivity index (χ1n) is 6.72. The zero-order valence-electron chi connectivity index (χ0n) is 10.9. The van der Waals surface area contributed by atoms with E-state index in [2.05, 4.69) is 22.9 Å². The molecule has 1 saturated heterocycles. The van der Waals surface area contributed by atoms with Gasteiger partial charge in [-0.1, -0.05) is 32.0 Å². The molecule has 0 radical (unpaired) electrons. The van der Waals surface area contributed by atoms with Gasteiger partial charge in [0.25, 0.3) is 0 Å². The number of hydrogen-bond acceptors (Lipinski definition) is 3. The highest BCUT2D eigenvalue weighted by atomic mass is 32.1. The predicted octanol–water partition coefficient (Wildman–Crippen LogP) is 2.73. The van der Waals surface area contributed by atoms with Crippen LogP contribution in [0.5, 0.6) is 0 Å². The summed E-state index contributed by atoms with van der Waals surface area (Å²) in [6, 6.07) is 4.02. The standard InChI is InChI=1S/C14H21N3S/c1-2-4-11-6-9-17(10-7-11)12-5-3-8-16-13(12)14(15)18/h3,5,8,11H,2,4,6-7,9-10H2,1H3,(H2,15,18). The van der Waals surface area contributed by atoms with Gasteiger partial charge in [0.2, 0.25) is 0 Å². The summed E-state index contributed by atoms with van der Waals surface area (Å²) in [6.45, 7) is 4.44. The number of anilines is 1. The Balaban J connectivity index is 2.07. The van der Waals surface area contributed by atoms with E-state index >= 15 is 0 Å². The quantitative estimate of drug-likeness (QED) is 0.848. The van der Waals surface area contributed by atoms with E-state index in [-0.39, 0.29) is 0 Å². The second kappa shape index (κ2) is 6.14. The average molecular weight is 263 g/mol. The van der Waals surface area contributed by atoms with Crippen molar-refractivity contribution in [3.8, 4) is 0 Å². The van der Waals surface area contributed by atoms with E-state index < -0.39 is 0 Å². The maximum Gasteiger partial charge on any atom is 0.124 e. The second-order valence-corrected chi connectivity index (χ2v) is 5.39. The molecule has 0 bridgehead atoms. The molecule has 2 heterocycles. The van der Waals surface area contributed by atoms with E-state index in [0.29, 0.717) is 4.99 Å². The maximum absolute atomic E-state index is 5.74. The third-order valence-electron chi connectivity index (χ3n) is 3.67. The number of thiocarbonyl (C=S) groups is 1. The van der Waals surface area contributed by atoms with Crippen LogP contribution >= 0.6 is 12.2 Å². The van der Waals surface area contributed by atoms with E-state index in [1.165, 1.54) is 25.7 Å². The molecule has 3 nitrogen and oxygen atoms in total. The molecule has 2 N–H and O–H groups in total. The number of nitrogens with two attached hydrogens (primary N) is 1. The summed E-state index contributed by atoms with van der Waals surface area (Å²) in [5.41, 5.74) is 7.60. The van der Waals surface area contributed by atoms with E-state index in [1.807, 2.05) is 6.07 Å². The molecule has 98 valence electrons. The number of hydrogen-bond donors (Lipinski definition) is 1. The van der Waals surface area contributed by atoms with Crippen LogP contribution in [0, 0.1) is 5.92 Å². The first kappa shape index (κ1) is 13.3. The molecule has 18 heavy (non-hydrogen) atoms. The molecule has 0 amide bonds. The number of piperidine rings is 1. The van der Waals surface area contributed by atoms with E-state index in [4.69, 9.17) is 18.0 Å². The molecular formula is C14H21N3S. The van der Waals surface area contributed by atoms with Crippen LogP contribution in [-0.4, -0.2) is 23.1 Å². The highest BCUT2D eigenvalue weighted by Crippen LogP contribution is 2.27. The van der Waals surface area contributed by atoms with Crippen LogP contribution in [0.2, 0.25) is 0 Å². The van der Waals surface area contributed by atoms with Crippen molar-refractivity contribution >= 4 is 22.9 Å². The van der Waals surface area contributed by atoms with Gasteiger partial charge in [0, 0.05) is 19.3 Å². The van der Waals surface area contributed by atoms with Gasteiger partial charge in [0.1, 0.15) is 10.7 Å². The Hall–Kier alpha value is -1.16.